The molecule has 0 unspecified atom stereocenters. The van der Waals surface area contributed by atoms with E-state index in [-0.39, 0.29) is 17.3 Å². The van der Waals surface area contributed by atoms with Crippen molar-refractivity contribution in [3.63, 3.8) is 0 Å². The monoisotopic (exact) mass is 479 g/mol. The van der Waals surface area contributed by atoms with Crippen LogP contribution in [0.2, 0.25) is 5.02 Å². The van der Waals surface area contributed by atoms with Gasteiger partial charge in [-0.3, -0.25) is 14.9 Å². The molecule has 1 N–H and O–H groups in total. The van der Waals surface area contributed by atoms with Gasteiger partial charge in [-0.25, -0.2) is 9.69 Å². The smallest absolute Gasteiger partial charge is 0.417 e. The van der Waals surface area contributed by atoms with E-state index in [1.807, 2.05) is 30.3 Å². The molecule has 2 aliphatic heterocycles. The Morgan fingerprint density at radius 1 is 1.34 bits per heavy atom. The summed E-state index contributed by atoms with van der Waals surface area (Å²) in [6, 6.07) is 9.52. The van der Waals surface area contributed by atoms with Crippen LogP contribution in [-0.4, -0.2) is 45.7 Å². The molecule has 166 valence electrons. The zero-order valence-corrected chi connectivity index (χ0v) is 17.8. The van der Waals surface area contributed by atoms with E-state index in [4.69, 9.17) is 33.3 Å². The molecule has 2 aliphatic rings. The van der Waals surface area contributed by atoms with Crippen LogP contribution >= 0.6 is 23.8 Å². The lowest BCUT2D eigenvalue weighted by Gasteiger charge is -2.24. The molecule has 2 saturated heterocycles. The first kappa shape index (κ1) is 21.9. The molecule has 0 spiro atoms. The van der Waals surface area contributed by atoms with E-state index >= 15 is 0 Å². The van der Waals surface area contributed by atoms with Gasteiger partial charge in [-0.05, 0) is 30.3 Å². The van der Waals surface area contributed by atoms with Gasteiger partial charge in [-0.1, -0.05) is 41.9 Å². The van der Waals surface area contributed by atoms with Crippen molar-refractivity contribution >= 4 is 46.7 Å². The number of halogens is 2. The van der Waals surface area contributed by atoms with Gasteiger partial charge < -0.3 is 14.8 Å². The first-order valence-corrected chi connectivity index (χ1v) is 10.2. The number of hydrogen-bond donors (Lipinski definition) is 1. The molecule has 0 aromatic heterocycles. The number of amides is 2. The third kappa shape index (κ3) is 4.08. The van der Waals surface area contributed by atoms with Crippen molar-refractivity contribution in [3.8, 4) is 0 Å². The molecule has 2 aromatic carbocycles. The number of nitro benzene ring substituents is 1. The average Bonchev–Trinajstić information content (AvgIpc) is 3.32. The van der Waals surface area contributed by atoms with Crippen LogP contribution in [0.1, 0.15) is 17.2 Å². The van der Waals surface area contributed by atoms with Crippen LogP contribution < -0.4 is 5.32 Å². The Morgan fingerprint density at radius 2 is 2.06 bits per heavy atom. The minimum absolute atomic E-state index is 0.00993. The Hall–Kier alpha value is -3.31. The third-order valence-corrected chi connectivity index (χ3v) is 5.63. The minimum atomic E-state index is -1.21. The Kier molecular flexibility index (Phi) is 5.94. The van der Waals surface area contributed by atoms with Crippen molar-refractivity contribution in [1.29, 1.82) is 0 Å². The van der Waals surface area contributed by atoms with Gasteiger partial charge in [0.25, 0.3) is 11.1 Å². The van der Waals surface area contributed by atoms with E-state index in [0.29, 0.717) is 6.42 Å². The van der Waals surface area contributed by atoms with E-state index in [0.717, 1.165) is 22.6 Å². The molecule has 0 radical (unpaired) electrons. The Bertz CT molecular complexity index is 1120. The second-order valence-electron chi connectivity index (χ2n) is 7.17. The molecule has 2 fully saturated rings. The largest absolute Gasteiger partial charge is 0.460 e. The third-order valence-electron chi connectivity index (χ3n) is 5.15. The number of rotatable bonds is 5. The first-order valence-electron chi connectivity index (χ1n) is 9.40. The average molecular weight is 480 g/mol. The number of hydrogen-bond acceptors (Lipinski definition) is 7. The van der Waals surface area contributed by atoms with Crippen molar-refractivity contribution < 1.29 is 28.4 Å². The lowest BCUT2D eigenvalue weighted by atomic mass is 9.99. The molecule has 3 atom stereocenters. The van der Waals surface area contributed by atoms with Crippen LogP contribution in [0.5, 0.6) is 0 Å². The number of nitrogens with one attached hydrogen (secondary N) is 1. The van der Waals surface area contributed by atoms with Gasteiger partial charge in [0.2, 0.25) is 5.82 Å². The van der Waals surface area contributed by atoms with Gasteiger partial charge in [-0.15, -0.1) is 0 Å². The molecule has 32 heavy (non-hydrogen) atoms. The van der Waals surface area contributed by atoms with Crippen LogP contribution in [-0.2, 0) is 20.7 Å². The Morgan fingerprint density at radius 3 is 2.75 bits per heavy atom. The van der Waals surface area contributed by atoms with Crippen LogP contribution in [0, 0.1) is 15.9 Å². The number of carbonyl (C=O) groups is 2. The number of nitrogens with zero attached hydrogens (tertiary/aromatic N) is 2. The number of cyclic esters (lactones) is 1. The van der Waals surface area contributed by atoms with Crippen molar-refractivity contribution in [2.45, 2.75) is 24.6 Å². The molecule has 2 amide bonds. The number of nitro groups is 1. The fourth-order valence-corrected chi connectivity index (χ4v) is 4.13. The topological polar surface area (TPSA) is 111 Å². The lowest BCUT2D eigenvalue weighted by molar-refractivity contribution is -0.387. The minimum Gasteiger partial charge on any atom is -0.460 e. The zero-order valence-electron chi connectivity index (χ0n) is 16.2. The van der Waals surface area contributed by atoms with Gasteiger partial charge in [0.1, 0.15) is 6.61 Å². The molecular formula is C20H15ClFN3O6S. The molecule has 0 aliphatic carbocycles. The first-order chi connectivity index (χ1) is 15.3. The highest BCUT2D eigenvalue weighted by Gasteiger charge is 2.47. The summed E-state index contributed by atoms with van der Waals surface area (Å²) in [6.07, 6.45) is -1.62. The van der Waals surface area contributed by atoms with E-state index in [1.165, 1.54) is 0 Å². The van der Waals surface area contributed by atoms with Gasteiger partial charge >= 0.3 is 11.8 Å². The predicted molar refractivity (Wildman–Crippen MR) is 114 cm³/mol. The second kappa shape index (κ2) is 8.67. The summed E-state index contributed by atoms with van der Waals surface area (Å²) in [5.74, 6) is -1.90. The predicted octanol–water partition coefficient (Wildman–Crippen LogP) is 3.29. The summed E-state index contributed by atoms with van der Waals surface area (Å²) in [6.45, 7) is 0.00993. The highest BCUT2D eigenvalue weighted by Crippen LogP contribution is 2.35. The highest BCUT2D eigenvalue weighted by atomic mass is 35.5. The SMILES string of the molecule is O=C1OC[C@H](Cc2ccccc2)N1C(=O)[C@H]1NC(=S)O[C@@H]1c1cc(Cl)c(F)c([N+](=O)[O-])c1. The van der Waals surface area contributed by atoms with Crippen LogP contribution in [0.4, 0.5) is 14.9 Å². The number of imide groups is 1. The molecule has 2 aromatic rings. The maximum atomic E-state index is 14.0. The van der Waals surface area contributed by atoms with E-state index < -0.39 is 51.6 Å². The summed E-state index contributed by atoms with van der Waals surface area (Å²) < 4.78 is 24.6. The molecule has 2 heterocycles. The zero-order chi connectivity index (χ0) is 23.0. The lowest BCUT2D eigenvalue weighted by Crippen LogP contribution is -2.50. The summed E-state index contributed by atoms with van der Waals surface area (Å²) in [5, 5.41) is 13.2. The number of ether oxygens (including phenoxy) is 2. The summed E-state index contributed by atoms with van der Waals surface area (Å²) >= 11 is 10.8. The second-order valence-corrected chi connectivity index (χ2v) is 7.95. The van der Waals surface area contributed by atoms with E-state index in [9.17, 15) is 24.1 Å². The molecule has 0 saturated carbocycles. The molecule has 0 bridgehead atoms. The molecule has 9 nitrogen and oxygen atoms in total. The van der Waals surface area contributed by atoms with E-state index in [1.54, 1.807) is 0 Å². The summed E-state index contributed by atoms with van der Waals surface area (Å²) in [4.78, 5) is 36.9. The summed E-state index contributed by atoms with van der Waals surface area (Å²) in [7, 11) is 0. The fourth-order valence-electron chi connectivity index (χ4n) is 3.68. The Balaban J connectivity index is 1.64. The van der Waals surface area contributed by atoms with Crippen LogP contribution in [0.3, 0.4) is 0 Å². The molecule has 12 heteroatoms. The van der Waals surface area contributed by atoms with E-state index in [2.05, 4.69) is 5.32 Å². The molecule has 4 rings (SSSR count). The maximum absolute atomic E-state index is 14.0. The normalized spacial score (nSPS) is 22.3. The maximum Gasteiger partial charge on any atom is 0.417 e. The fraction of sp³-hybridized carbons (Fsp3) is 0.250. The summed E-state index contributed by atoms with van der Waals surface area (Å²) in [5.41, 5.74) is 0.0841. The quantitative estimate of drug-likeness (QED) is 0.395. The standard InChI is InChI=1S/C20H15ClFN3O6S/c21-13-7-11(8-14(15(13)22)25(28)29)17-16(23-19(32)31-17)18(26)24-12(9-30-20(24)27)6-10-4-2-1-3-5-10/h1-5,7-8,12,16-17H,6,9H2,(H,23,32)/t12-,16-,17+/m0/s1. The molecular weight excluding hydrogens is 465 g/mol. The van der Waals surface area contributed by atoms with Crippen molar-refractivity contribution in [2.24, 2.45) is 0 Å². The highest BCUT2D eigenvalue weighted by molar-refractivity contribution is 7.80. The van der Waals surface area contributed by atoms with Crippen LogP contribution in [0.25, 0.3) is 0 Å². The number of thiocarbonyl (C=S) groups is 1. The van der Waals surface area contributed by atoms with Gasteiger partial charge in [-0.2, -0.15) is 4.39 Å². The van der Waals surface area contributed by atoms with Crippen LogP contribution in [0.15, 0.2) is 42.5 Å². The van der Waals surface area contributed by atoms with Gasteiger partial charge in [0.05, 0.1) is 16.0 Å². The number of carbonyl (C=O) groups excluding carboxylic acids is 2. The van der Waals surface area contributed by atoms with Crippen molar-refractivity contribution in [2.75, 3.05) is 6.61 Å². The van der Waals surface area contributed by atoms with Gasteiger partial charge in [0.15, 0.2) is 12.1 Å². The van der Waals surface area contributed by atoms with Gasteiger partial charge in [0, 0.05) is 11.6 Å². The van der Waals surface area contributed by atoms with Crippen molar-refractivity contribution in [1.82, 2.24) is 10.2 Å². The van der Waals surface area contributed by atoms with Crippen molar-refractivity contribution in [3.05, 3.63) is 74.5 Å². The number of benzene rings is 2. The Labute approximate surface area is 191 Å².